The average molecular weight is 219 g/mol. The van der Waals surface area contributed by atoms with Gasteiger partial charge in [0.2, 0.25) is 0 Å². The Morgan fingerprint density at radius 2 is 2.06 bits per heavy atom. The van der Waals surface area contributed by atoms with Crippen molar-refractivity contribution in [3.8, 4) is 0 Å². The molecular weight excluding hydrogens is 198 g/mol. The first kappa shape index (κ1) is 10.4. The molecule has 2 aliphatic rings. The van der Waals surface area contributed by atoms with E-state index in [1.54, 1.807) is 11.1 Å². The molecule has 88 valence electrons. The summed E-state index contributed by atoms with van der Waals surface area (Å²) in [6.07, 6.45) is 7.71. The summed E-state index contributed by atoms with van der Waals surface area (Å²) in [5.41, 5.74) is 3.12. The Bertz CT molecular complexity index is 374. The van der Waals surface area contributed by atoms with Crippen molar-refractivity contribution in [2.24, 2.45) is 0 Å². The van der Waals surface area contributed by atoms with Gasteiger partial charge in [0.05, 0.1) is 0 Å². The van der Waals surface area contributed by atoms with Crippen LogP contribution in [0.3, 0.4) is 0 Å². The minimum absolute atomic E-state index is 0.708. The lowest BCUT2D eigenvalue weighted by molar-refractivity contribution is 0.441. The quantitative estimate of drug-likeness (QED) is 0.785. The number of hydrogen-bond acceptors (Lipinski definition) is 2. The van der Waals surface area contributed by atoms with E-state index >= 15 is 0 Å². The number of nitrogens with one attached hydrogen (secondary N) is 1. The predicted octanol–water partition coefficient (Wildman–Crippen LogP) is 2.93. The number of aryl methyl sites for hydroxylation is 2. The van der Waals surface area contributed by atoms with Crippen LogP contribution in [0.4, 0.5) is 0 Å². The lowest BCUT2D eigenvalue weighted by Crippen LogP contribution is -2.29. The standard InChI is InChI=1S/C14H21NO/c1-10-14(11-5-4-8-15-9-11)12-6-2-3-7-13(12)16-10/h11,15H,2-9H2,1H3. The fourth-order valence-electron chi connectivity index (χ4n) is 3.36. The SMILES string of the molecule is Cc1oc2c(c1C1CCCNC1)CCCC2. The molecule has 1 N–H and O–H groups in total. The fraction of sp³-hybridized carbons (Fsp3) is 0.714. The fourth-order valence-corrected chi connectivity index (χ4v) is 3.36. The van der Waals surface area contributed by atoms with Crippen molar-refractivity contribution in [3.05, 3.63) is 22.6 Å². The molecule has 1 aliphatic carbocycles. The van der Waals surface area contributed by atoms with Crippen LogP contribution in [0.2, 0.25) is 0 Å². The Kier molecular flexibility index (Phi) is 2.76. The van der Waals surface area contributed by atoms with E-state index in [0.717, 1.165) is 13.0 Å². The van der Waals surface area contributed by atoms with Crippen LogP contribution in [0.1, 0.15) is 54.2 Å². The average Bonchev–Trinajstić information content (AvgIpc) is 2.66. The summed E-state index contributed by atoms with van der Waals surface area (Å²) < 4.78 is 5.96. The number of hydrogen-bond donors (Lipinski definition) is 1. The van der Waals surface area contributed by atoms with Crippen molar-refractivity contribution in [1.29, 1.82) is 0 Å². The Morgan fingerprint density at radius 3 is 2.88 bits per heavy atom. The second-order valence-electron chi connectivity index (χ2n) is 5.22. The Balaban J connectivity index is 1.95. The van der Waals surface area contributed by atoms with Crippen LogP contribution >= 0.6 is 0 Å². The summed E-state index contributed by atoms with van der Waals surface area (Å²) in [5.74, 6) is 3.20. The smallest absolute Gasteiger partial charge is 0.107 e. The molecule has 2 nitrogen and oxygen atoms in total. The zero-order chi connectivity index (χ0) is 11.0. The van der Waals surface area contributed by atoms with Gasteiger partial charge in [0.1, 0.15) is 11.5 Å². The first-order valence-corrected chi connectivity index (χ1v) is 6.68. The number of piperidine rings is 1. The van der Waals surface area contributed by atoms with Crippen molar-refractivity contribution in [2.45, 2.75) is 51.4 Å². The van der Waals surface area contributed by atoms with Crippen LogP contribution in [-0.2, 0) is 12.8 Å². The molecule has 0 radical (unpaired) electrons. The molecule has 1 fully saturated rings. The lowest BCUT2D eigenvalue weighted by Gasteiger charge is -2.24. The highest BCUT2D eigenvalue weighted by molar-refractivity contribution is 5.38. The minimum Gasteiger partial charge on any atom is -0.466 e. The molecule has 0 amide bonds. The minimum atomic E-state index is 0.708. The van der Waals surface area contributed by atoms with E-state index in [2.05, 4.69) is 12.2 Å². The van der Waals surface area contributed by atoms with Crippen molar-refractivity contribution < 1.29 is 4.42 Å². The van der Waals surface area contributed by atoms with E-state index in [4.69, 9.17) is 4.42 Å². The summed E-state index contributed by atoms with van der Waals surface area (Å²) in [7, 11) is 0. The highest BCUT2D eigenvalue weighted by Crippen LogP contribution is 2.36. The number of furan rings is 1. The van der Waals surface area contributed by atoms with Crippen LogP contribution in [-0.4, -0.2) is 13.1 Å². The second kappa shape index (κ2) is 4.25. The molecule has 0 bridgehead atoms. The Morgan fingerprint density at radius 1 is 1.19 bits per heavy atom. The first-order chi connectivity index (χ1) is 7.86. The largest absolute Gasteiger partial charge is 0.466 e. The highest BCUT2D eigenvalue weighted by Gasteiger charge is 2.26. The molecule has 1 aromatic heterocycles. The zero-order valence-corrected chi connectivity index (χ0v) is 10.1. The topological polar surface area (TPSA) is 25.2 Å². The van der Waals surface area contributed by atoms with E-state index in [-0.39, 0.29) is 0 Å². The van der Waals surface area contributed by atoms with Crippen molar-refractivity contribution in [1.82, 2.24) is 5.32 Å². The molecule has 1 atom stereocenters. The van der Waals surface area contributed by atoms with E-state index < -0.39 is 0 Å². The zero-order valence-electron chi connectivity index (χ0n) is 10.1. The normalized spacial score (nSPS) is 25.4. The van der Waals surface area contributed by atoms with Gasteiger partial charge in [-0.2, -0.15) is 0 Å². The monoisotopic (exact) mass is 219 g/mol. The molecule has 0 saturated carbocycles. The van der Waals surface area contributed by atoms with Crippen LogP contribution in [0, 0.1) is 6.92 Å². The van der Waals surface area contributed by atoms with E-state index in [0.29, 0.717) is 5.92 Å². The van der Waals surface area contributed by atoms with Crippen molar-refractivity contribution in [3.63, 3.8) is 0 Å². The third-order valence-electron chi connectivity index (χ3n) is 4.10. The van der Waals surface area contributed by atoms with Crippen molar-refractivity contribution in [2.75, 3.05) is 13.1 Å². The molecule has 2 heteroatoms. The molecule has 3 rings (SSSR count). The summed E-state index contributed by atoms with van der Waals surface area (Å²) in [6, 6.07) is 0. The van der Waals surface area contributed by atoms with Gasteiger partial charge < -0.3 is 9.73 Å². The van der Waals surface area contributed by atoms with Gasteiger partial charge in [-0.05, 0) is 51.1 Å². The predicted molar refractivity (Wildman–Crippen MR) is 64.9 cm³/mol. The van der Waals surface area contributed by atoms with Gasteiger partial charge in [-0.3, -0.25) is 0 Å². The third-order valence-corrected chi connectivity index (χ3v) is 4.10. The molecular formula is C14H21NO. The maximum atomic E-state index is 5.96. The van der Waals surface area contributed by atoms with Gasteiger partial charge in [-0.15, -0.1) is 0 Å². The maximum absolute atomic E-state index is 5.96. The third kappa shape index (κ3) is 1.69. The van der Waals surface area contributed by atoms with Gasteiger partial charge in [-0.1, -0.05) is 0 Å². The van der Waals surface area contributed by atoms with E-state index in [1.807, 2.05) is 0 Å². The van der Waals surface area contributed by atoms with Gasteiger partial charge in [0.15, 0.2) is 0 Å². The Labute approximate surface area is 97.4 Å². The van der Waals surface area contributed by atoms with E-state index in [1.165, 1.54) is 50.2 Å². The van der Waals surface area contributed by atoms with Crippen LogP contribution < -0.4 is 5.32 Å². The molecule has 0 spiro atoms. The molecule has 1 aliphatic heterocycles. The molecule has 1 aromatic rings. The highest BCUT2D eigenvalue weighted by atomic mass is 16.3. The van der Waals surface area contributed by atoms with Gasteiger partial charge >= 0.3 is 0 Å². The summed E-state index contributed by atoms with van der Waals surface area (Å²) in [5, 5.41) is 3.52. The second-order valence-corrected chi connectivity index (χ2v) is 5.22. The van der Waals surface area contributed by atoms with Crippen LogP contribution in [0.25, 0.3) is 0 Å². The molecule has 16 heavy (non-hydrogen) atoms. The Hall–Kier alpha value is -0.760. The number of fused-ring (bicyclic) bond motifs is 1. The molecule has 0 aromatic carbocycles. The summed E-state index contributed by atoms with van der Waals surface area (Å²) >= 11 is 0. The number of rotatable bonds is 1. The van der Waals surface area contributed by atoms with E-state index in [9.17, 15) is 0 Å². The first-order valence-electron chi connectivity index (χ1n) is 6.68. The summed E-state index contributed by atoms with van der Waals surface area (Å²) in [4.78, 5) is 0. The lowest BCUT2D eigenvalue weighted by atomic mass is 9.85. The molecule has 2 heterocycles. The van der Waals surface area contributed by atoms with Crippen LogP contribution in [0.15, 0.2) is 4.42 Å². The van der Waals surface area contributed by atoms with Crippen LogP contribution in [0.5, 0.6) is 0 Å². The van der Waals surface area contributed by atoms with Gasteiger partial charge in [0.25, 0.3) is 0 Å². The maximum Gasteiger partial charge on any atom is 0.107 e. The van der Waals surface area contributed by atoms with Gasteiger partial charge in [-0.25, -0.2) is 0 Å². The molecule has 1 unspecified atom stereocenters. The summed E-state index contributed by atoms with van der Waals surface area (Å²) in [6.45, 7) is 4.49. The molecule has 1 saturated heterocycles. The van der Waals surface area contributed by atoms with Gasteiger partial charge in [0, 0.05) is 24.4 Å². The van der Waals surface area contributed by atoms with Crippen molar-refractivity contribution >= 4 is 0 Å².